The number of rotatable bonds is 3. The van der Waals surface area contributed by atoms with Gasteiger partial charge in [0.2, 0.25) is 5.88 Å². The number of halogens is 1. The quantitative estimate of drug-likeness (QED) is 0.800. The van der Waals surface area contributed by atoms with Crippen LogP contribution in [0.25, 0.3) is 22.5 Å². The summed E-state index contributed by atoms with van der Waals surface area (Å²) in [5, 5.41) is 3.86. The number of nitrogen functional groups attached to an aromatic ring is 1. The molecule has 0 amide bonds. The highest BCUT2D eigenvalue weighted by molar-refractivity contribution is 5.85. The lowest BCUT2D eigenvalue weighted by molar-refractivity contribution is 0.411. The summed E-state index contributed by atoms with van der Waals surface area (Å²) in [6, 6.07) is 9.84. The van der Waals surface area contributed by atoms with Crippen LogP contribution >= 0.6 is 0 Å². The van der Waals surface area contributed by atoms with Crippen molar-refractivity contribution in [3.8, 4) is 28.3 Å². The van der Waals surface area contributed by atoms with Crippen LogP contribution in [-0.2, 0) is 0 Å². The molecule has 0 fully saturated rings. The molecule has 0 radical (unpaired) electrons. The van der Waals surface area contributed by atoms with Gasteiger partial charge in [-0.05, 0) is 24.3 Å². The molecule has 3 rings (SSSR count). The first-order valence-electron chi connectivity index (χ1n) is 6.21. The van der Waals surface area contributed by atoms with Gasteiger partial charge in [-0.1, -0.05) is 11.2 Å². The summed E-state index contributed by atoms with van der Waals surface area (Å²) in [6.07, 6.45) is 1.62. The van der Waals surface area contributed by atoms with Crippen molar-refractivity contribution < 1.29 is 13.7 Å². The molecule has 6 heteroatoms. The molecular formula is C15H12FN3O2. The molecule has 0 unspecified atom stereocenters. The van der Waals surface area contributed by atoms with Crippen molar-refractivity contribution in [3.63, 3.8) is 0 Å². The van der Waals surface area contributed by atoms with E-state index in [4.69, 9.17) is 15.0 Å². The summed E-state index contributed by atoms with van der Waals surface area (Å²) in [7, 11) is 1.47. The topological polar surface area (TPSA) is 74.2 Å². The number of ether oxygens (including phenoxy) is 1. The van der Waals surface area contributed by atoms with Crippen LogP contribution in [0.1, 0.15) is 0 Å². The van der Waals surface area contributed by atoms with Crippen LogP contribution in [0.5, 0.6) is 5.75 Å². The SMILES string of the molecule is COc1ccc(-c2noc(N)c2-c2ccccn2)c(F)c1. The maximum absolute atomic E-state index is 14.2. The third-order valence-electron chi connectivity index (χ3n) is 3.07. The van der Waals surface area contributed by atoms with E-state index in [2.05, 4.69) is 10.1 Å². The molecule has 0 saturated carbocycles. The average Bonchev–Trinajstić information content (AvgIpc) is 2.89. The second-order valence-corrected chi connectivity index (χ2v) is 4.33. The van der Waals surface area contributed by atoms with Crippen LogP contribution in [0, 0.1) is 5.82 Å². The van der Waals surface area contributed by atoms with Gasteiger partial charge in [0, 0.05) is 17.8 Å². The number of hydrogen-bond donors (Lipinski definition) is 1. The van der Waals surface area contributed by atoms with Crippen LogP contribution in [-0.4, -0.2) is 17.3 Å². The molecule has 0 bridgehead atoms. The fraction of sp³-hybridized carbons (Fsp3) is 0.0667. The number of benzene rings is 1. The molecule has 0 saturated heterocycles. The highest BCUT2D eigenvalue weighted by Gasteiger charge is 2.21. The number of hydrogen-bond acceptors (Lipinski definition) is 5. The molecular weight excluding hydrogens is 273 g/mol. The van der Waals surface area contributed by atoms with E-state index in [0.717, 1.165) is 0 Å². The van der Waals surface area contributed by atoms with Crippen molar-refractivity contribution in [2.45, 2.75) is 0 Å². The van der Waals surface area contributed by atoms with Gasteiger partial charge in [0.15, 0.2) is 0 Å². The van der Waals surface area contributed by atoms with E-state index in [1.54, 1.807) is 30.5 Å². The molecule has 0 aliphatic carbocycles. The molecule has 0 atom stereocenters. The van der Waals surface area contributed by atoms with E-state index in [-0.39, 0.29) is 11.4 Å². The summed E-state index contributed by atoms with van der Waals surface area (Å²) >= 11 is 0. The van der Waals surface area contributed by atoms with E-state index >= 15 is 0 Å². The molecule has 5 nitrogen and oxygen atoms in total. The Balaban J connectivity index is 2.17. The number of pyridine rings is 1. The molecule has 2 aromatic heterocycles. The normalized spacial score (nSPS) is 10.6. The molecule has 106 valence electrons. The van der Waals surface area contributed by atoms with Crippen molar-refractivity contribution in [1.29, 1.82) is 0 Å². The van der Waals surface area contributed by atoms with Crippen molar-refractivity contribution in [2.75, 3.05) is 12.8 Å². The average molecular weight is 285 g/mol. The lowest BCUT2D eigenvalue weighted by Gasteiger charge is -2.05. The van der Waals surface area contributed by atoms with Crippen LogP contribution in [0.2, 0.25) is 0 Å². The largest absolute Gasteiger partial charge is 0.497 e. The number of nitrogens with zero attached hydrogens (tertiary/aromatic N) is 2. The first kappa shape index (κ1) is 13.1. The predicted octanol–water partition coefficient (Wildman–Crippen LogP) is 3.13. The van der Waals surface area contributed by atoms with E-state index in [9.17, 15) is 4.39 Å². The van der Waals surface area contributed by atoms with Gasteiger partial charge in [-0.2, -0.15) is 0 Å². The highest BCUT2D eigenvalue weighted by Crippen LogP contribution is 2.36. The van der Waals surface area contributed by atoms with E-state index in [1.165, 1.54) is 13.2 Å². The third kappa shape index (κ3) is 2.31. The maximum Gasteiger partial charge on any atom is 0.232 e. The fourth-order valence-corrected chi connectivity index (χ4v) is 2.06. The minimum atomic E-state index is -0.472. The molecule has 0 spiro atoms. The zero-order valence-corrected chi connectivity index (χ0v) is 11.2. The Hall–Kier alpha value is -2.89. The van der Waals surface area contributed by atoms with Crippen molar-refractivity contribution in [3.05, 3.63) is 48.4 Å². The van der Waals surface area contributed by atoms with E-state index < -0.39 is 5.82 Å². The van der Waals surface area contributed by atoms with Gasteiger partial charge in [-0.3, -0.25) is 4.98 Å². The highest BCUT2D eigenvalue weighted by atomic mass is 19.1. The van der Waals surface area contributed by atoms with Gasteiger partial charge in [0.1, 0.15) is 17.3 Å². The summed E-state index contributed by atoms with van der Waals surface area (Å²) in [4.78, 5) is 4.20. The number of nitrogens with two attached hydrogens (primary N) is 1. The van der Waals surface area contributed by atoms with Gasteiger partial charge in [-0.25, -0.2) is 4.39 Å². The second-order valence-electron chi connectivity index (χ2n) is 4.33. The first-order chi connectivity index (χ1) is 10.2. The molecule has 3 aromatic rings. The van der Waals surface area contributed by atoms with Gasteiger partial charge in [0.05, 0.1) is 18.4 Å². The standard InChI is InChI=1S/C15H12FN3O2/c1-20-9-5-6-10(11(16)8-9)14-13(15(17)21-19-14)12-4-2-3-7-18-12/h2-8H,17H2,1H3. The summed E-state index contributed by atoms with van der Waals surface area (Å²) in [6.45, 7) is 0. The Morgan fingerprint density at radius 2 is 2.10 bits per heavy atom. The predicted molar refractivity (Wildman–Crippen MR) is 76.1 cm³/mol. The van der Waals surface area contributed by atoms with Crippen molar-refractivity contribution >= 4 is 5.88 Å². The third-order valence-corrected chi connectivity index (χ3v) is 3.07. The molecule has 2 heterocycles. The number of anilines is 1. The first-order valence-corrected chi connectivity index (χ1v) is 6.21. The van der Waals surface area contributed by atoms with E-state index in [1.807, 2.05) is 6.07 Å². The Bertz CT molecular complexity index is 772. The van der Waals surface area contributed by atoms with Gasteiger partial charge in [-0.15, -0.1) is 0 Å². The summed E-state index contributed by atoms with van der Waals surface area (Å²) in [5.74, 6) is 0.0471. The lowest BCUT2D eigenvalue weighted by Crippen LogP contribution is -1.92. The maximum atomic E-state index is 14.2. The second kappa shape index (κ2) is 5.24. The lowest BCUT2D eigenvalue weighted by atomic mass is 10.0. The zero-order chi connectivity index (χ0) is 14.8. The van der Waals surface area contributed by atoms with Crippen LogP contribution in [0.15, 0.2) is 47.1 Å². The monoisotopic (exact) mass is 285 g/mol. The van der Waals surface area contributed by atoms with Crippen molar-refractivity contribution in [1.82, 2.24) is 10.1 Å². The van der Waals surface area contributed by atoms with Crippen LogP contribution in [0.4, 0.5) is 10.3 Å². The summed E-state index contributed by atoms with van der Waals surface area (Å²) in [5.41, 5.74) is 7.43. The Morgan fingerprint density at radius 1 is 1.24 bits per heavy atom. The Kier molecular flexibility index (Phi) is 3.27. The molecule has 0 aliphatic rings. The fourth-order valence-electron chi connectivity index (χ4n) is 2.06. The minimum absolute atomic E-state index is 0.0962. The molecule has 2 N–H and O–H groups in total. The van der Waals surface area contributed by atoms with Crippen LogP contribution < -0.4 is 10.5 Å². The minimum Gasteiger partial charge on any atom is -0.497 e. The van der Waals surface area contributed by atoms with Crippen LogP contribution in [0.3, 0.4) is 0 Å². The number of aromatic nitrogens is 2. The molecule has 21 heavy (non-hydrogen) atoms. The van der Waals surface area contributed by atoms with Gasteiger partial charge < -0.3 is 15.0 Å². The van der Waals surface area contributed by atoms with Gasteiger partial charge in [0.25, 0.3) is 0 Å². The smallest absolute Gasteiger partial charge is 0.232 e. The van der Waals surface area contributed by atoms with Gasteiger partial charge >= 0.3 is 0 Å². The Labute approximate surface area is 120 Å². The molecule has 1 aromatic carbocycles. The van der Waals surface area contributed by atoms with E-state index in [0.29, 0.717) is 22.7 Å². The Morgan fingerprint density at radius 3 is 2.76 bits per heavy atom. The number of methoxy groups -OCH3 is 1. The summed E-state index contributed by atoms with van der Waals surface area (Å²) < 4.78 is 24.2. The molecule has 0 aliphatic heterocycles. The van der Waals surface area contributed by atoms with Crippen molar-refractivity contribution in [2.24, 2.45) is 0 Å². The zero-order valence-electron chi connectivity index (χ0n) is 11.2.